The molecule has 0 aliphatic carbocycles. The number of ketones is 1. The predicted molar refractivity (Wildman–Crippen MR) is 136 cm³/mol. The summed E-state index contributed by atoms with van der Waals surface area (Å²) in [7, 11) is 1.83. The standard InChI is InChI=1S/C27H39NO4S/c1-18(10-8-9-15-28-7)22-16-21(29)23(25(31)32-22)24(30)27(5,6)17-20-12-11-19(33-20)13-14-26(2,3)4/h9,11-12,15-16,18,28-29H,8,10,13-14,17H2,1-7H3/b15-9+. The van der Waals surface area contributed by atoms with Gasteiger partial charge in [-0.2, -0.15) is 0 Å². The Labute approximate surface area is 201 Å². The second kappa shape index (κ2) is 11.2. The Morgan fingerprint density at radius 2 is 1.88 bits per heavy atom. The summed E-state index contributed by atoms with van der Waals surface area (Å²) in [5.41, 5.74) is -1.59. The lowest BCUT2D eigenvalue weighted by molar-refractivity contribution is 0.0830. The fourth-order valence-electron chi connectivity index (χ4n) is 3.64. The monoisotopic (exact) mass is 473 g/mol. The van der Waals surface area contributed by atoms with Crippen LogP contribution in [0.1, 0.15) is 92.6 Å². The van der Waals surface area contributed by atoms with Crippen LogP contribution in [-0.2, 0) is 12.8 Å². The molecule has 2 aromatic rings. The second-order valence-corrected chi connectivity index (χ2v) is 11.9. The molecule has 2 N–H and O–H groups in total. The molecule has 0 fully saturated rings. The highest BCUT2D eigenvalue weighted by atomic mass is 32.1. The topological polar surface area (TPSA) is 79.5 Å². The summed E-state index contributed by atoms with van der Waals surface area (Å²) in [6.07, 6.45) is 8.02. The van der Waals surface area contributed by atoms with Crippen LogP contribution in [0.2, 0.25) is 0 Å². The minimum absolute atomic E-state index is 0.0556. The third-order valence-electron chi connectivity index (χ3n) is 5.78. The average molecular weight is 474 g/mol. The predicted octanol–water partition coefficient (Wildman–Crippen LogP) is 6.45. The number of carbonyl (C=O) groups is 1. The molecule has 0 aromatic carbocycles. The smallest absolute Gasteiger partial charge is 0.350 e. The summed E-state index contributed by atoms with van der Waals surface area (Å²) in [6.45, 7) is 12.3. The van der Waals surface area contributed by atoms with Gasteiger partial charge in [0, 0.05) is 34.2 Å². The Morgan fingerprint density at radius 3 is 2.48 bits per heavy atom. The molecule has 2 heterocycles. The van der Waals surface area contributed by atoms with E-state index in [1.165, 1.54) is 10.9 Å². The van der Waals surface area contributed by atoms with Crippen LogP contribution < -0.4 is 10.9 Å². The number of Topliss-reactive ketones (excluding diaryl/α,β-unsaturated/α-hetero) is 1. The van der Waals surface area contributed by atoms with Crippen LogP contribution in [0, 0.1) is 10.8 Å². The van der Waals surface area contributed by atoms with Gasteiger partial charge in [0.1, 0.15) is 17.1 Å². The third kappa shape index (κ3) is 7.88. The molecule has 0 bridgehead atoms. The normalized spacial score (nSPS) is 13.4. The zero-order valence-electron chi connectivity index (χ0n) is 21.1. The number of nitrogens with one attached hydrogen (secondary N) is 1. The van der Waals surface area contributed by atoms with Crippen molar-refractivity contribution in [2.75, 3.05) is 7.05 Å². The van der Waals surface area contributed by atoms with Crippen molar-refractivity contribution in [3.63, 3.8) is 0 Å². The van der Waals surface area contributed by atoms with Crippen LogP contribution in [0.3, 0.4) is 0 Å². The number of hydrogen-bond donors (Lipinski definition) is 2. The molecule has 2 rings (SSSR count). The first-order valence-corrected chi connectivity index (χ1v) is 12.5. The quantitative estimate of drug-likeness (QED) is 0.366. The van der Waals surface area contributed by atoms with Crippen LogP contribution in [0.25, 0.3) is 0 Å². The van der Waals surface area contributed by atoms with E-state index < -0.39 is 16.8 Å². The van der Waals surface area contributed by atoms with Crippen LogP contribution in [0.15, 0.2) is 39.7 Å². The maximum atomic E-state index is 13.3. The van der Waals surface area contributed by atoms with Crippen molar-refractivity contribution in [1.29, 1.82) is 0 Å². The van der Waals surface area contributed by atoms with Crippen molar-refractivity contribution < 1.29 is 14.3 Å². The molecular formula is C27H39NO4S. The minimum Gasteiger partial charge on any atom is -0.507 e. The first-order valence-electron chi connectivity index (χ1n) is 11.7. The summed E-state index contributed by atoms with van der Waals surface area (Å²) in [6, 6.07) is 5.61. The Morgan fingerprint density at radius 1 is 1.21 bits per heavy atom. The number of hydrogen-bond acceptors (Lipinski definition) is 6. The number of allylic oxidation sites excluding steroid dienone is 1. The number of thiophene rings is 1. The number of rotatable bonds is 11. The molecule has 0 saturated heterocycles. The van der Waals surface area contributed by atoms with E-state index in [-0.39, 0.29) is 22.6 Å². The van der Waals surface area contributed by atoms with Crippen molar-refractivity contribution in [2.24, 2.45) is 10.8 Å². The van der Waals surface area contributed by atoms with Crippen LogP contribution >= 0.6 is 11.3 Å². The van der Waals surface area contributed by atoms with E-state index >= 15 is 0 Å². The lowest BCUT2D eigenvalue weighted by atomic mass is 9.81. The molecular weight excluding hydrogens is 434 g/mol. The largest absolute Gasteiger partial charge is 0.507 e. The van der Waals surface area contributed by atoms with Crippen molar-refractivity contribution in [2.45, 2.75) is 79.6 Å². The van der Waals surface area contributed by atoms with Crippen molar-refractivity contribution >= 4 is 17.1 Å². The lowest BCUT2D eigenvalue weighted by Gasteiger charge is -2.22. The first kappa shape index (κ1) is 26.9. The van der Waals surface area contributed by atoms with E-state index in [1.807, 2.05) is 40.1 Å². The Balaban J connectivity index is 2.14. The molecule has 0 saturated carbocycles. The molecule has 0 amide bonds. The van der Waals surface area contributed by atoms with Gasteiger partial charge in [-0.3, -0.25) is 4.79 Å². The van der Waals surface area contributed by atoms with Gasteiger partial charge in [0.2, 0.25) is 0 Å². The zero-order valence-corrected chi connectivity index (χ0v) is 21.9. The molecule has 5 nitrogen and oxygen atoms in total. The van der Waals surface area contributed by atoms with Crippen molar-refractivity contribution in [3.05, 3.63) is 62.0 Å². The SMILES string of the molecule is CN/C=C/CCC(C)c1cc(O)c(C(=O)C(C)(C)Cc2ccc(CCC(C)(C)C)s2)c(=O)o1. The van der Waals surface area contributed by atoms with Gasteiger partial charge in [0.25, 0.3) is 0 Å². The summed E-state index contributed by atoms with van der Waals surface area (Å²) in [4.78, 5) is 28.4. The van der Waals surface area contributed by atoms with E-state index in [0.717, 1.165) is 30.6 Å². The van der Waals surface area contributed by atoms with Crippen LogP contribution in [0.4, 0.5) is 0 Å². The Bertz CT molecular complexity index is 1020. The summed E-state index contributed by atoms with van der Waals surface area (Å²) in [5, 5.41) is 13.5. The molecule has 0 radical (unpaired) electrons. The maximum Gasteiger partial charge on any atom is 0.350 e. The highest BCUT2D eigenvalue weighted by Gasteiger charge is 2.34. The van der Waals surface area contributed by atoms with Gasteiger partial charge in [0.05, 0.1) is 0 Å². The highest BCUT2D eigenvalue weighted by molar-refractivity contribution is 7.12. The van der Waals surface area contributed by atoms with E-state index in [9.17, 15) is 14.7 Å². The molecule has 1 atom stereocenters. The fraction of sp³-hybridized carbons (Fsp3) is 0.556. The Kier molecular flexibility index (Phi) is 9.12. The van der Waals surface area contributed by atoms with E-state index in [2.05, 4.69) is 38.2 Å². The molecule has 182 valence electrons. The van der Waals surface area contributed by atoms with Gasteiger partial charge in [-0.1, -0.05) is 47.6 Å². The maximum absolute atomic E-state index is 13.3. The van der Waals surface area contributed by atoms with Gasteiger partial charge >= 0.3 is 5.63 Å². The number of aryl methyl sites for hydroxylation is 1. The average Bonchev–Trinajstić information content (AvgIpc) is 3.15. The van der Waals surface area contributed by atoms with Gasteiger partial charge in [-0.05, 0) is 55.9 Å². The third-order valence-corrected chi connectivity index (χ3v) is 6.93. The Hall–Kier alpha value is -2.34. The van der Waals surface area contributed by atoms with E-state index in [1.54, 1.807) is 11.3 Å². The molecule has 33 heavy (non-hydrogen) atoms. The number of aromatic hydroxyl groups is 1. The van der Waals surface area contributed by atoms with Crippen molar-refractivity contribution in [3.8, 4) is 5.75 Å². The van der Waals surface area contributed by atoms with Gasteiger partial charge in [-0.25, -0.2) is 4.79 Å². The second-order valence-electron chi connectivity index (χ2n) is 10.7. The van der Waals surface area contributed by atoms with Crippen LogP contribution in [-0.4, -0.2) is 17.9 Å². The zero-order chi connectivity index (χ0) is 24.8. The molecule has 0 aliphatic heterocycles. The fourth-order valence-corrected chi connectivity index (χ4v) is 4.89. The first-order chi connectivity index (χ1) is 15.3. The van der Waals surface area contributed by atoms with Gasteiger partial charge < -0.3 is 14.8 Å². The molecule has 0 aliphatic rings. The van der Waals surface area contributed by atoms with Gasteiger partial charge in [0.15, 0.2) is 5.78 Å². The van der Waals surface area contributed by atoms with E-state index in [0.29, 0.717) is 12.2 Å². The van der Waals surface area contributed by atoms with Crippen molar-refractivity contribution in [1.82, 2.24) is 5.32 Å². The summed E-state index contributed by atoms with van der Waals surface area (Å²) in [5.74, 6) is -0.352. The highest BCUT2D eigenvalue weighted by Crippen LogP contribution is 2.34. The molecule has 2 aromatic heterocycles. The molecule has 6 heteroatoms. The van der Waals surface area contributed by atoms with Gasteiger partial charge in [-0.15, -0.1) is 11.3 Å². The minimum atomic E-state index is -0.844. The lowest BCUT2D eigenvalue weighted by Crippen LogP contribution is -2.31. The molecule has 0 spiro atoms. The summed E-state index contributed by atoms with van der Waals surface area (Å²) >= 11 is 1.71. The van der Waals surface area contributed by atoms with Crippen LogP contribution in [0.5, 0.6) is 5.75 Å². The number of carbonyl (C=O) groups excluding carboxylic acids is 1. The van der Waals surface area contributed by atoms with E-state index in [4.69, 9.17) is 4.42 Å². The summed E-state index contributed by atoms with van der Waals surface area (Å²) < 4.78 is 5.47. The molecule has 1 unspecified atom stereocenters.